The van der Waals surface area contributed by atoms with Crippen molar-refractivity contribution in [2.45, 2.75) is 71.8 Å². The van der Waals surface area contributed by atoms with Crippen molar-refractivity contribution < 1.29 is 85.6 Å². The van der Waals surface area contributed by atoms with Gasteiger partial charge < -0.3 is 72.4 Å². The molecule has 5 rings (SSSR count). The molecule has 0 spiro atoms. The maximum absolute atomic E-state index is 13.7. The second kappa shape index (κ2) is 37.6. The topological polar surface area (TPSA) is 256 Å². The van der Waals surface area contributed by atoms with Gasteiger partial charge in [0.2, 0.25) is 11.8 Å². The molecule has 2 aromatic carbocycles. The Bertz CT molecular complexity index is 2360. The van der Waals surface area contributed by atoms with Crippen LogP contribution in [0.4, 0.5) is 5.69 Å². The van der Waals surface area contributed by atoms with Gasteiger partial charge in [-0.3, -0.25) is 38.7 Å². The van der Waals surface area contributed by atoms with Gasteiger partial charge >= 0.3 is 0 Å². The van der Waals surface area contributed by atoms with Crippen molar-refractivity contribution in [2.75, 3.05) is 152 Å². The van der Waals surface area contributed by atoms with Crippen molar-refractivity contribution in [1.29, 1.82) is 0 Å². The molecule has 0 saturated heterocycles. The first-order chi connectivity index (χ1) is 38.9. The molecule has 442 valence electrons. The maximum Gasteiger partial charge on any atom is 0.260 e. The Morgan fingerprint density at radius 2 is 1.05 bits per heavy atom. The van der Waals surface area contributed by atoms with Crippen molar-refractivity contribution in [3.63, 3.8) is 0 Å². The van der Waals surface area contributed by atoms with Gasteiger partial charge in [0.05, 0.1) is 150 Å². The fourth-order valence-electron chi connectivity index (χ4n) is 8.16. The third kappa shape index (κ3) is 23.8. The van der Waals surface area contributed by atoms with E-state index in [4.69, 9.17) is 56.8 Å². The lowest BCUT2D eigenvalue weighted by molar-refractivity contribution is -0.137. The van der Waals surface area contributed by atoms with Gasteiger partial charge in [-0.15, -0.1) is 0 Å². The number of carbonyl (C=O) groups is 6. The highest BCUT2D eigenvalue weighted by molar-refractivity contribution is 6.13. The van der Waals surface area contributed by atoms with E-state index in [0.717, 1.165) is 41.7 Å². The van der Waals surface area contributed by atoms with Crippen molar-refractivity contribution in [3.05, 3.63) is 64.9 Å². The van der Waals surface area contributed by atoms with Crippen LogP contribution in [-0.2, 0) is 57.1 Å². The van der Waals surface area contributed by atoms with Gasteiger partial charge in [0.25, 0.3) is 17.7 Å². The molecule has 0 saturated carbocycles. The van der Waals surface area contributed by atoms with E-state index < -0.39 is 11.8 Å². The van der Waals surface area contributed by atoms with E-state index in [1.165, 1.54) is 19.1 Å². The van der Waals surface area contributed by atoms with E-state index in [2.05, 4.69) is 15.6 Å². The minimum atomic E-state index is -0.408. The van der Waals surface area contributed by atoms with Crippen LogP contribution in [0.1, 0.15) is 85.1 Å². The van der Waals surface area contributed by atoms with E-state index in [1.807, 2.05) is 26.1 Å². The quantitative estimate of drug-likeness (QED) is 0.0526. The Hall–Kier alpha value is -6.31. The summed E-state index contributed by atoms with van der Waals surface area (Å²) < 4.78 is 67.9. The van der Waals surface area contributed by atoms with Crippen LogP contribution in [0.2, 0.25) is 0 Å². The van der Waals surface area contributed by atoms with Gasteiger partial charge in [-0.1, -0.05) is 5.57 Å². The van der Waals surface area contributed by atoms with Crippen molar-refractivity contribution in [3.8, 4) is 23.0 Å². The van der Waals surface area contributed by atoms with E-state index in [1.54, 1.807) is 36.4 Å². The molecule has 0 aliphatic carbocycles. The highest BCUT2D eigenvalue weighted by atomic mass is 16.6. The molecule has 5 amide bonds. The second-order valence-electron chi connectivity index (χ2n) is 18.6. The predicted octanol–water partition coefficient (Wildman–Crippen LogP) is 4.51. The Morgan fingerprint density at radius 3 is 1.60 bits per heavy atom. The van der Waals surface area contributed by atoms with Crippen LogP contribution in [0.5, 0.6) is 23.0 Å². The minimum absolute atomic E-state index is 0.0303. The molecule has 23 nitrogen and oxygen atoms in total. The molecule has 0 fully saturated rings. The number of aryl methyl sites for hydroxylation is 1. The first kappa shape index (κ1) is 64.5. The lowest BCUT2D eigenvalue weighted by Gasteiger charge is -2.19. The summed E-state index contributed by atoms with van der Waals surface area (Å²) >= 11 is 0. The maximum atomic E-state index is 13.7. The van der Waals surface area contributed by atoms with Gasteiger partial charge in [-0.05, 0) is 76.6 Å². The first-order valence-corrected chi connectivity index (χ1v) is 27.4. The molecule has 3 aliphatic rings. The summed E-state index contributed by atoms with van der Waals surface area (Å²) in [7, 11) is 1.55. The summed E-state index contributed by atoms with van der Waals surface area (Å²) in [5, 5.41) is 5.58. The van der Waals surface area contributed by atoms with E-state index in [-0.39, 0.29) is 62.1 Å². The zero-order valence-electron chi connectivity index (χ0n) is 46.9. The van der Waals surface area contributed by atoms with Gasteiger partial charge in [0.1, 0.15) is 0 Å². The molecule has 1 atom stereocenters. The van der Waals surface area contributed by atoms with Crippen molar-refractivity contribution >= 4 is 47.2 Å². The molecule has 2 aromatic rings. The van der Waals surface area contributed by atoms with E-state index >= 15 is 0 Å². The molecule has 3 heterocycles. The molecular weight excluding hydrogens is 1040 g/mol. The number of benzene rings is 2. The smallest absolute Gasteiger partial charge is 0.260 e. The van der Waals surface area contributed by atoms with Crippen LogP contribution in [0.3, 0.4) is 0 Å². The SMILES string of the molecule is COc1cc(C(C)=O)c(C)cc1OCCCCCOc1cc2c(cc1OCCCNC(=O)CCOCCOCCOCCOCCOCCOCCOCCOCCNC(=O)CCN1C(=O)C=CC1=O)C(=O)N1C=C(C)CC1C=N2. The van der Waals surface area contributed by atoms with Gasteiger partial charge in [0, 0.05) is 68.7 Å². The van der Waals surface area contributed by atoms with Crippen LogP contribution in [-0.4, -0.2) is 210 Å². The Kier molecular flexibility index (Phi) is 30.3. The Labute approximate surface area is 468 Å². The number of methoxy groups -OCH3 is 1. The second-order valence-corrected chi connectivity index (χ2v) is 18.6. The monoisotopic (exact) mass is 1120 g/mol. The number of carbonyl (C=O) groups excluding carboxylic acids is 6. The molecule has 0 bridgehead atoms. The van der Waals surface area contributed by atoms with Crippen LogP contribution < -0.4 is 29.6 Å². The van der Waals surface area contributed by atoms with Crippen LogP contribution in [0.25, 0.3) is 0 Å². The number of hydrogen-bond acceptors (Lipinski definition) is 19. The first-order valence-electron chi connectivity index (χ1n) is 27.4. The number of Topliss-reactive ketones (excluding diaryl/α,β-unsaturated/α-hetero) is 1. The number of imide groups is 1. The summed E-state index contributed by atoms with van der Waals surface area (Å²) in [6.07, 6.45) is 9.87. The molecule has 0 aromatic heterocycles. The predicted molar refractivity (Wildman–Crippen MR) is 293 cm³/mol. The van der Waals surface area contributed by atoms with E-state index in [0.29, 0.717) is 172 Å². The van der Waals surface area contributed by atoms with Crippen molar-refractivity contribution in [1.82, 2.24) is 20.4 Å². The number of unbranched alkanes of at least 4 members (excludes halogenated alkanes) is 2. The summed E-state index contributed by atoms with van der Waals surface area (Å²) in [4.78, 5) is 80.4. The Morgan fingerprint density at radius 1 is 0.562 bits per heavy atom. The average molecular weight is 1120 g/mol. The number of rotatable bonds is 45. The third-order valence-electron chi connectivity index (χ3n) is 12.4. The zero-order valence-corrected chi connectivity index (χ0v) is 46.9. The number of ether oxygens (including phenoxy) is 12. The lowest BCUT2D eigenvalue weighted by Crippen LogP contribution is -2.35. The van der Waals surface area contributed by atoms with E-state index in [9.17, 15) is 28.8 Å². The third-order valence-corrected chi connectivity index (χ3v) is 12.4. The largest absolute Gasteiger partial charge is 0.493 e. The van der Waals surface area contributed by atoms with Crippen molar-refractivity contribution in [2.24, 2.45) is 4.99 Å². The standard InChI is InChI=1S/C57H81N5O18/c1-42-35-45-40-60-48-39-52(79-17-7-5-6-16-78-50-36-43(2)46(44(3)63)37-49(50)69-4)51(38-47(48)57(68)62(45)41-42)80-18-8-13-58-54(65)12-19-70-21-23-72-25-27-74-29-31-76-33-34-77-32-30-75-28-26-73-24-22-71-20-14-59-53(64)11-15-61-55(66)9-10-56(61)67/h9-10,36-41,45H,5-8,11-35H2,1-4H3,(H,58,65)(H,59,64). The number of aliphatic imine (C=N–C) groups is 1. The summed E-state index contributed by atoms with van der Waals surface area (Å²) in [6.45, 7) is 13.5. The van der Waals surface area contributed by atoms with Crippen LogP contribution in [0.15, 0.2) is 53.2 Å². The average Bonchev–Trinajstić information content (AvgIpc) is 4.03. The number of hydrogen-bond donors (Lipinski definition) is 2. The molecule has 80 heavy (non-hydrogen) atoms. The molecule has 2 N–H and O–H groups in total. The van der Waals surface area contributed by atoms with Gasteiger partial charge in [-0.25, -0.2) is 0 Å². The molecule has 1 unspecified atom stereocenters. The van der Waals surface area contributed by atoms with Crippen LogP contribution >= 0.6 is 0 Å². The summed E-state index contributed by atoms with van der Waals surface area (Å²) in [5.74, 6) is 0.623. The van der Waals surface area contributed by atoms with Crippen LogP contribution in [0, 0.1) is 6.92 Å². The normalized spacial score (nSPS) is 14.5. The fraction of sp³-hybridized carbons (Fsp3) is 0.596. The molecule has 23 heteroatoms. The number of ketones is 1. The van der Waals surface area contributed by atoms with Gasteiger partial charge in [0.15, 0.2) is 28.8 Å². The Balaban J connectivity index is 0.800. The molecule has 0 radical (unpaired) electrons. The molecule has 3 aliphatic heterocycles. The van der Waals surface area contributed by atoms with Gasteiger partial charge in [-0.2, -0.15) is 0 Å². The lowest BCUT2D eigenvalue weighted by atomic mass is 10.0. The summed E-state index contributed by atoms with van der Waals surface area (Å²) in [5.41, 5.74) is 3.49. The number of nitrogens with one attached hydrogen (secondary N) is 2. The zero-order chi connectivity index (χ0) is 57.2. The number of amides is 5. The highest BCUT2D eigenvalue weighted by Crippen LogP contribution is 2.39. The number of nitrogens with zero attached hydrogens (tertiary/aromatic N) is 3. The minimum Gasteiger partial charge on any atom is -0.493 e. The molecular formula is C57H81N5O18. The fourth-order valence-corrected chi connectivity index (χ4v) is 8.16. The number of fused-ring (bicyclic) bond motifs is 2. The summed E-state index contributed by atoms with van der Waals surface area (Å²) in [6, 6.07) is 6.86. The highest BCUT2D eigenvalue weighted by Gasteiger charge is 2.32.